The molecule has 0 radical (unpaired) electrons. The van der Waals surface area contributed by atoms with Crippen LogP contribution < -0.4 is 10.6 Å². The molecule has 1 saturated heterocycles. The minimum atomic E-state index is 0. The van der Waals surface area contributed by atoms with Gasteiger partial charge in [-0.05, 0) is 30.0 Å². The van der Waals surface area contributed by atoms with Crippen molar-refractivity contribution in [2.24, 2.45) is 10.9 Å². The highest BCUT2D eigenvalue weighted by Crippen LogP contribution is 2.12. The Kier molecular flexibility index (Phi) is 11.3. The molecule has 8 heteroatoms. The summed E-state index contributed by atoms with van der Waals surface area (Å²) in [4.78, 5) is 7.32. The molecule has 1 fully saturated rings. The Labute approximate surface area is 203 Å². The van der Waals surface area contributed by atoms with Crippen molar-refractivity contribution in [1.29, 1.82) is 0 Å². The lowest BCUT2D eigenvalue weighted by Crippen LogP contribution is -2.50. The first-order valence-electron chi connectivity index (χ1n) is 11.0. The van der Waals surface area contributed by atoms with Crippen LogP contribution in [0.2, 0.25) is 0 Å². The van der Waals surface area contributed by atoms with Crippen LogP contribution in [-0.2, 0) is 17.8 Å². The highest BCUT2D eigenvalue weighted by Gasteiger charge is 2.21. The Morgan fingerprint density at radius 1 is 1.23 bits per heavy atom. The van der Waals surface area contributed by atoms with E-state index in [9.17, 15) is 0 Å². The van der Waals surface area contributed by atoms with Crippen LogP contribution in [0.3, 0.4) is 0 Å². The van der Waals surface area contributed by atoms with Crippen LogP contribution in [0, 0.1) is 5.92 Å². The second-order valence-electron chi connectivity index (χ2n) is 8.19. The minimum Gasteiger partial charge on any atom is -0.374 e. The lowest BCUT2D eigenvalue weighted by Gasteiger charge is -2.34. The Morgan fingerprint density at radius 3 is 2.74 bits per heavy atom. The van der Waals surface area contributed by atoms with Crippen molar-refractivity contribution in [3.05, 3.63) is 53.9 Å². The van der Waals surface area contributed by atoms with Crippen LogP contribution in [-0.4, -0.2) is 66.1 Å². The molecule has 0 aliphatic carbocycles. The van der Waals surface area contributed by atoms with E-state index in [2.05, 4.69) is 65.7 Å². The fraction of sp³-hybridized carbons (Fsp3) is 0.565. The van der Waals surface area contributed by atoms with Gasteiger partial charge in [0.05, 0.1) is 25.8 Å². The van der Waals surface area contributed by atoms with Crippen LogP contribution in [0.5, 0.6) is 0 Å². The molecule has 1 aromatic heterocycles. The number of nitrogens with zero attached hydrogens (tertiary/aromatic N) is 4. The maximum absolute atomic E-state index is 5.96. The van der Waals surface area contributed by atoms with Crippen molar-refractivity contribution in [3.63, 3.8) is 0 Å². The van der Waals surface area contributed by atoms with Crippen molar-refractivity contribution >= 4 is 29.9 Å². The fourth-order valence-electron chi connectivity index (χ4n) is 3.74. The average Bonchev–Trinajstić information content (AvgIpc) is 3.24. The van der Waals surface area contributed by atoms with E-state index >= 15 is 0 Å². The van der Waals surface area contributed by atoms with Gasteiger partial charge in [-0.1, -0.05) is 38.1 Å². The fourth-order valence-corrected chi connectivity index (χ4v) is 3.74. The molecule has 7 nitrogen and oxygen atoms in total. The van der Waals surface area contributed by atoms with Crippen LogP contribution >= 0.6 is 24.0 Å². The maximum Gasteiger partial charge on any atom is 0.191 e. The van der Waals surface area contributed by atoms with Crippen LogP contribution in [0.1, 0.15) is 31.9 Å². The summed E-state index contributed by atoms with van der Waals surface area (Å²) in [5, 5.41) is 11.1. The molecular weight excluding hydrogens is 503 g/mol. The van der Waals surface area contributed by atoms with E-state index in [4.69, 9.17) is 9.73 Å². The van der Waals surface area contributed by atoms with E-state index in [1.165, 1.54) is 11.1 Å². The van der Waals surface area contributed by atoms with Crippen LogP contribution in [0.15, 0.2) is 47.7 Å². The highest BCUT2D eigenvalue weighted by molar-refractivity contribution is 14.0. The van der Waals surface area contributed by atoms with Crippen LogP contribution in [0.4, 0.5) is 0 Å². The van der Waals surface area contributed by atoms with E-state index in [1.54, 1.807) is 0 Å². The van der Waals surface area contributed by atoms with Gasteiger partial charge in [-0.3, -0.25) is 9.58 Å². The van der Waals surface area contributed by atoms with Gasteiger partial charge in [-0.15, -0.1) is 24.0 Å². The predicted octanol–water partition coefficient (Wildman–Crippen LogP) is 2.96. The standard InChI is InChI=1S/C23H36N6O.HI/c1-4-24-23(26-15-22-18-28(12-13-30-22)16-19(2)3)25-14-20-8-5-6-9-21(20)17-29-11-7-10-27-29;/h5-11,19,22H,4,12-18H2,1-3H3,(H2,24,25,26);1H. The van der Waals surface area contributed by atoms with Gasteiger partial charge in [0.25, 0.3) is 0 Å². The van der Waals surface area contributed by atoms with Gasteiger partial charge >= 0.3 is 0 Å². The molecule has 1 unspecified atom stereocenters. The smallest absolute Gasteiger partial charge is 0.191 e. The molecule has 1 aliphatic rings. The van der Waals surface area contributed by atoms with Gasteiger partial charge < -0.3 is 15.4 Å². The van der Waals surface area contributed by atoms with Crippen LogP contribution in [0.25, 0.3) is 0 Å². The van der Waals surface area contributed by atoms with Gasteiger partial charge in [-0.2, -0.15) is 5.10 Å². The van der Waals surface area contributed by atoms with Crippen molar-refractivity contribution in [2.45, 2.75) is 40.0 Å². The Hall–Kier alpha value is -1.65. The second kappa shape index (κ2) is 13.7. The third-order valence-corrected chi connectivity index (χ3v) is 5.11. The molecule has 0 amide bonds. The molecule has 2 aromatic rings. The summed E-state index contributed by atoms with van der Waals surface area (Å²) in [6.07, 6.45) is 3.98. The zero-order valence-corrected chi connectivity index (χ0v) is 21.3. The van der Waals surface area contributed by atoms with Crippen molar-refractivity contribution in [1.82, 2.24) is 25.3 Å². The molecule has 1 aliphatic heterocycles. The Bertz CT molecular complexity index is 780. The number of aliphatic imine (C=N–C) groups is 1. The largest absolute Gasteiger partial charge is 0.374 e. The normalized spacial score (nSPS) is 17.4. The quantitative estimate of drug-likeness (QED) is 0.291. The van der Waals surface area contributed by atoms with E-state index in [0.717, 1.165) is 51.8 Å². The number of morpholine rings is 1. The number of guanidine groups is 1. The topological polar surface area (TPSA) is 66.7 Å². The summed E-state index contributed by atoms with van der Waals surface area (Å²) in [5.41, 5.74) is 2.45. The Morgan fingerprint density at radius 2 is 2.03 bits per heavy atom. The van der Waals surface area contributed by atoms with E-state index in [-0.39, 0.29) is 30.1 Å². The van der Waals surface area contributed by atoms with Crippen molar-refractivity contribution in [3.8, 4) is 0 Å². The molecule has 1 atom stereocenters. The van der Waals surface area contributed by atoms with Gasteiger partial charge in [0.1, 0.15) is 0 Å². The second-order valence-corrected chi connectivity index (χ2v) is 8.19. The summed E-state index contributed by atoms with van der Waals surface area (Å²) >= 11 is 0. The molecule has 0 spiro atoms. The van der Waals surface area contributed by atoms with Gasteiger partial charge in [0.15, 0.2) is 5.96 Å². The first-order valence-corrected chi connectivity index (χ1v) is 11.0. The number of hydrogen-bond acceptors (Lipinski definition) is 4. The van der Waals surface area contributed by atoms with Crippen molar-refractivity contribution in [2.75, 3.05) is 39.3 Å². The number of rotatable bonds is 9. The van der Waals surface area contributed by atoms with Gasteiger partial charge in [0, 0.05) is 45.1 Å². The summed E-state index contributed by atoms with van der Waals surface area (Å²) in [7, 11) is 0. The highest BCUT2D eigenvalue weighted by atomic mass is 127. The molecular formula is C23H37IN6O. The summed E-state index contributed by atoms with van der Waals surface area (Å²) < 4.78 is 7.90. The molecule has 31 heavy (non-hydrogen) atoms. The number of nitrogens with one attached hydrogen (secondary N) is 2. The average molecular weight is 540 g/mol. The monoisotopic (exact) mass is 540 g/mol. The summed E-state index contributed by atoms with van der Waals surface area (Å²) in [5.74, 6) is 1.51. The van der Waals surface area contributed by atoms with E-state index < -0.39 is 0 Å². The molecule has 3 rings (SSSR count). The number of ether oxygens (including phenoxy) is 1. The maximum atomic E-state index is 5.96. The Balaban J connectivity index is 0.00000341. The lowest BCUT2D eigenvalue weighted by atomic mass is 10.1. The third-order valence-electron chi connectivity index (χ3n) is 5.11. The first kappa shape index (κ1) is 25.6. The molecule has 0 bridgehead atoms. The molecule has 1 aromatic carbocycles. The van der Waals surface area contributed by atoms with E-state index in [0.29, 0.717) is 12.5 Å². The number of benzene rings is 1. The van der Waals surface area contributed by atoms with Gasteiger partial charge in [-0.25, -0.2) is 4.99 Å². The first-order chi connectivity index (χ1) is 14.6. The molecule has 172 valence electrons. The molecule has 2 N–H and O–H groups in total. The summed E-state index contributed by atoms with van der Waals surface area (Å²) in [6, 6.07) is 10.4. The van der Waals surface area contributed by atoms with E-state index in [1.807, 2.05) is 23.1 Å². The minimum absolute atomic E-state index is 0. The molecule has 2 heterocycles. The zero-order valence-electron chi connectivity index (χ0n) is 19.0. The summed E-state index contributed by atoms with van der Waals surface area (Å²) in [6.45, 7) is 13.5. The third kappa shape index (κ3) is 8.78. The number of aromatic nitrogens is 2. The number of hydrogen-bond donors (Lipinski definition) is 2. The van der Waals surface area contributed by atoms with Crippen molar-refractivity contribution < 1.29 is 4.74 Å². The lowest BCUT2D eigenvalue weighted by molar-refractivity contribution is -0.0284. The zero-order chi connectivity index (χ0) is 21.2. The van der Waals surface area contributed by atoms with Gasteiger partial charge in [0.2, 0.25) is 0 Å². The predicted molar refractivity (Wildman–Crippen MR) is 137 cm³/mol. The SMILES string of the molecule is CCNC(=NCc1ccccc1Cn1cccn1)NCC1CN(CC(C)C)CCO1.I. The number of halogens is 1. The molecule has 0 saturated carbocycles.